The number of nitrogens with zero attached hydrogens (tertiary/aromatic N) is 1. The van der Waals surface area contributed by atoms with Crippen LogP contribution in [0.2, 0.25) is 0 Å². The van der Waals surface area contributed by atoms with E-state index in [-0.39, 0.29) is 6.10 Å². The molecule has 1 aliphatic heterocycles. The predicted octanol–water partition coefficient (Wildman–Crippen LogP) is 0.324. The van der Waals surface area contributed by atoms with Gasteiger partial charge >= 0.3 is 12.0 Å². The number of primary amides is 1. The van der Waals surface area contributed by atoms with Crippen molar-refractivity contribution in [3.63, 3.8) is 0 Å². The minimum Gasteiger partial charge on any atom is -0.459 e. The molecule has 0 bridgehead atoms. The van der Waals surface area contributed by atoms with E-state index in [1.807, 2.05) is 0 Å². The fourth-order valence-corrected chi connectivity index (χ4v) is 1.79. The van der Waals surface area contributed by atoms with Crippen LogP contribution in [0, 0.1) is 0 Å². The highest BCUT2D eigenvalue weighted by molar-refractivity contribution is 5.90. The monoisotopic (exact) mass is 237 g/mol. The van der Waals surface area contributed by atoms with Crippen LogP contribution >= 0.6 is 0 Å². The van der Waals surface area contributed by atoms with Crippen molar-refractivity contribution in [3.8, 4) is 0 Å². The molecule has 1 aromatic heterocycles. The molecule has 0 aliphatic carbocycles. The maximum absolute atomic E-state index is 11.7. The van der Waals surface area contributed by atoms with E-state index in [1.165, 1.54) is 18.5 Å². The third-order valence-electron chi connectivity index (χ3n) is 2.74. The van der Waals surface area contributed by atoms with E-state index in [0.29, 0.717) is 5.56 Å². The largest absolute Gasteiger partial charge is 0.459 e. The van der Waals surface area contributed by atoms with Crippen LogP contribution in [0.1, 0.15) is 23.2 Å². The fraction of sp³-hybridized carbons (Fsp3) is 0.455. The predicted molar refractivity (Wildman–Crippen MR) is 60.7 cm³/mol. The summed E-state index contributed by atoms with van der Waals surface area (Å²) in [5.74, 6) is -0.406. The molecule has 6 heteroatoms. The van der Waals surface area contributed by atoms with Crippen molar-refractivity contribution < 1.29 is 14.3 Å². The first-order chi connectivity index (χ1) is 8.16. The summed E-state index contributed by atoms with van der Waals surface area (Å²) in [7, 11) is 0. The van der Waals surface area contributed by atoms with Gasteiger partial charge in [-0.05, 0) is 32.0 Å². The van der Waals surface area contributed by atoms with E-state index >= 15 is 0 Å². The summed E-state index contributed by atoms with van der Waals surface area (Å²) in [6.45, 7) is 1.72. The molecule has 1 amide bonds. The van der Waals surface area contributed by atoms with Gasteiger partial charge in [-0.3, -0.25) is 4.57 Å². The molecule has 92 valence electrons. The van der Waals surface area contributed by atoms with Gasteiger partial charge in [0.2, 0.25) is 0 Å². The summed E-state index contributed by atoms with van der Waals surface area (Å²) in [6.07, 6.45) is 4.43. The van der Waals surface area contributed by atoms with Crippen LogP contribution in [-0.2, 0) is 4.74 Å². The Morgan fingerprint density at radius 2 is 2.12 bits per heavy atom. The van der Waals surface area contributed by atoms with E-state index in [4.69, 9.17) is 10.5 Å². The molecule has 0 atom stereocenters. The quantitative estimate of drug-likeness (QED) is 0.725. The van der Waals surface area contributed by atoms with E-state index in [9.17, 15) is 9.59 Å². The average Bonchev–Trinajstić information content (AvgIpc) is 2.79. The Bertz CT molecular complexity index is 421. The first-order valence-electron chi connectivity index (χ1n) is 5.56. The summed E-state index contributed by atoms with van der Waals surface area (Å²) in [5, 5.41) is 3.19. The number of nitrogens with two attached hydrogens (primary N) is 1. The third-order valence-corrected chi connectivity index (χ3v) is 2.74. The number of carbonyl (C=O) groups is 2. The van der Waals surface area contributed by atoms with Crippen LogP contribution < -0.4 is 11.1 Å². The molecule has 2 rings (SSSR count). The van der Waals surface area contributed by atoms with Crippen molar-refractivity contribution in [2.45, 2.75) is 18.9 Å². The standard InChI is InChI=1S/C11H15N3O3/c12-11(16)14-6-3-8(7-14)10(15)17-9-1-4-13-5-2-9/h3,6-7,9,13H,1-2,4-5H2,(H2,12,16). The Morgan fingerprint density at radius 1 is 1.41 bits per heavy atom. The van der Waals surface area contributed by atoms with Crippen LogP contribution in [0.25, 0.3) is 0 Å². The highest BCUT2D eigenvalue weighted by Crippen LogP contribution is 2.11. The third kappa shape index (κ3) is 2.85. The molecule has 3 N–H and O–H groups in total. The normalized spacial score (nSPS) is 16.7. The average molecular weight is 237 g/mol. The number of piperidine rings is 1. The van der Waals surface area contributed by atoms with Gasteiger partial charge in [-0.25, -0.2) is 9.59 Å². The van der Waals surface area contributed by atoms with Crippen LogP contribution in [0.4, 0.5) is 4.79 Å². The first-order valence-corrected chi connectivity index (χ1v) is 5.56. The van der Waals surface area contributed by atoms with Gasteiger partial charge in [0.1, 0.15) is 6.10 Å². The molecule has 1 aromatic rings. The zero-order valence-corrected chi connectivity index (χ0v) is 9.39. The second kappa shape index (κ2) is 5.01. The number of rotatable bonds is 2. The van der Waals surface area contributed by atoms with E-state index in [0.717, 1.165) is 30.5 Å². The lowest BCUT2D eigenvalue weighted by molar-refractivity contribution is 0.0230. The molecule has 1 saturated heterocycles. The summed E-state index contributed by atoms with van der Waals surface area (Å²) < 4.78 is 6.48. The lowest BCUT2D eigenvalue weighted by atomic mass is 10.1. The van der Waals surface area contributed by atoms with Gasteiger partial charge in [0, 0.05) is 12.4 Å². The van der Waals surface area contributed by atoms with Crippen molar-refractivity contribution in [1.29, 1.82) is 0 Å². The molecular formula is C11H15N3O3. The Morgan fingerprint density at radius 3 is 2.71 bits per heavy atom. The molecule has 1 fully saturated rings. The Kier molecular flexibility index (Phi) is 3.43. The number of nitrogens with one attached hydrogen (secondary N) is 1. The van der Waals surface area contributed by atoms with Crippen LogP contribution in [0.15, 0.2) is 18.5 Å². The van der Waals surface area contributed by atoms with Gasteiger partial charge < -0.3 is 15.8 Å². The minimum atomic E-state index is -0.620. The second-order valence-electron chi connectivity index (χ2n) is 4.00. The molecule has 2 heterocycles. The van der Waals surface area contributed by atoms with Gasteiger partial charge in [0.25, 0.3) is 0 Å². The Hall–Kier alpha value is -1.82. The number of hydrogen-bond acceptors (Lipinski definition) is 4. The summed E-state index contributed by atoms with van der Waals surface area (Å²) in [5.41, 5.74) is 5.42. The lowest BCUT2D eigenvalue weighted by Crippen LogP contribution is -2.33. The number of aromatic nitrogens is 1. The summed E-state index contributed by atoms with van der Waals surface area (Å²) in [4.78, 5) is 22.6. The Labute approximate surface area is 98.7 Å². The Balaban J connectivity index is 1.96. The molecule has 0 spiro atoms. The molecule has 6 nitrogen and oxygen atoms in total. The number of hydrogen-bond donors (Lipinski definition) is 2. The van der Waals surface area contributed by atoms with Crippen molar-refractivity contribution in [3.05, 3.63) is 24.0 Å². The van der Waals surface area contributed by atoms with Gasteiger partial charge in [-0.1, -0.05) is 0 Å². The number of ether oxygens (including phenoxy) is 1. The molecule has 17 heavy (non-hydrogen) atoms. The van der Waals surface area contributed by atoms with Crippen molar-refractivity contribution in [2.24, 2.45) is 5.73 Å². The zero-order valence-electron chi connectivity index (χ0n) is 9.39. The SMILES string of the molecule is NC(=O)n1ccc(C(=O)OC2CCNCC2)c1. The topological polar surface area (TPSA) is 86.4 Å². The van der Waals surface area contributed by atoms with Crippen molar-refractivity contribution in [1.82, 2.24) is 9.88 Å². The van der Waals surface area contributed by atoms with Gasteiger partial charge in [0.05, 0.1) is 5.56 Å². The second-order valence-corrected chi connectivity index (χ2v) is 4.00. The first kappa shape index (κ1) is 11.7. The van der Waals surface area contributed by atoms with Gasteiger partial charge in [-0.15, -0.1) is 0 Å². The smallest absolute Gasteiger partial charge is 0.339 e. The molecule has 0 unspecified atom stereocenters. The fourth-order valence-electron chi connectivity index (χ4n) is 1.79. The highest BCUT2D eigenvalue weighted by Gasteiger charge is 2.19. The summed E-state index contributed by atoms with van der Waals surface area (Å²) >= 11 is 0. The molecule has 0 saturated carbocycles. The minimum absolute atomic E-state index is 0.0410. The van der Waals surface area contributed by atoms with Crippen LogP contribution in [0.3, 0.4) is 0 Å². The van der Waals surface area contributed by atoms with Crippen molar-refractivity contribution >= 4 is 12.0 Å². The molecule has 1 aliphatic rings. The van der Waals surface area contributed by atoms with Crippen molar-refractivity contribution in [2.75, 3.05) is 13.1 Å². The molecule has 0 aromatic carbocycles. The van der Waals surface area contributed by atoms with E-state index in [2.05, 4.69) is 5.32 Å². The molecule has 0 radical (unpaired) electrons. The van der Waals surface area contributed by atoms with Gasteiger partial charge in [0.15, 0.2) is 0 Å². The lowest BCUT2D eigenvalue weighted by Gasteiger charge is -2.22. The van der Waals surface area contributed by atoms with Crippen LogP contribution in [0.5, 0.6) is 0 Å². The molecular weight excluding hydrogens is 222 g/mol. The van der Waals surface area contributed by atoms with Crippen LogP contribution in [-0.4, -0.2) is 35.8 Å². The number of amides is 1. The summed E-state index contributed by atoms with van der Waals surface area (Å²) in [6, 6.07) is 0.902. The number of esters is 1. The zero-order chi connectivity index (χ0) is 12.3. The van der Waals surface area contributed by atoms with E-state index < -0.39 is 12.0 Å². The maximum atomic E-state index is 11.7. The van der Waals surface area contributed by atoms with E-state index in [1.54, 1.807) is 0 Å². The maximum Gasteiger partial charge on any atom is 0.339 e. The van der Waals surface area contributed by atoms with Gasteiger partial charge in [-0.2, -0.15) is 0 Å². The highest BCUT2D eigenvalue weighted by atomic mass is 16.5. The number of carbonyl (C=O) groups excluding carboxylic acids is 2.